The standard InChI is InChI=1S/C19H18O6/c1-7-12(21)6-8-5-10-15(18(24)13(8)16(7)22)19(25)14-9(17(10)23)3-2-4-11(14)20/h2-4,8,10,13,17,20,22-23,25H,5-6H2,1H3. The molecule has 3 aliphatic rings. The van der Waals surface area contributed by atoms with Gasteiger partial charge in [0, 0.05) is 23.5 Å². The largest absolute Gasteiger partial charge is 0.511 e. The Morgan fingerprint density at radius 1 is 1.12 bits per heavy atom. The number of aliphatic hydroxyl groups excluding tert-OH is 3. The monoisotopic (exact) mass is 342 g/mol. The number of aliphatic hydroxyl groups is 3. The van der Waals surface area contributed by atoms with Crippen molar-refractivity contribution in [1.82, 2.24) is 0 Å². The molecule has 0 spiro atoms. The Morgan fingerprint density at radius 3 is 2.56 bits per heavy atom. The zero-order valence-corrected chi connectivity index (χ0v) is 13.6. The lowest BCUT2D eigenvalue weighted by molar-refractivity contribution is -0.127. The van der Waals surface area contributed by atoms with Crippen LogP contribution in [0.25, 0.3) is 5.76 Å². The number of rotatable bonds is 0. The molecule has 0 aromatic heterocycles. The molecule has 1 aromatic rings. The Labute approximate surface area is 143 Å². The lowest BCUT2D eigenvalue weighted by Crippen LogP contribution is -2.44. The quantitative estimate of drug-likeness (QED) is 0.575. The molecule has 130 valence electrons. The van der Waals surface area contributed by atoms with E-state index >= 15 is 0 Å². The minimum atomic E-state index is -1.07. The van der Waals surface area contributed by atoms with Crippen molar-refractivity contribution in [3.8, 4) is 5.75 Å². The van der Waals surface area contributed by atoms with E-state index in [0.29, 0.717) is 12.0 Å². The summed E-state index contributed by atoms with van der Waals surface area (Å²) in [4.78, 5) is 25.0. The Bertz CT molecular complexity index is 878. The molecule has 1 saturated carbocycles. The number of ketones is 2. The van der Waals surface area contributed by atoms with Crippen LogP contribution in [0.2, 0.25) is 0 Å². The van der Waals surface area contributed by atoms with Crippen LogP contribution in [0.15, 0.2) is 35.1 Å². The van der Waals surface area contributed by atoms with E-state index in [9.17, 15) is 30.0 Å². The van der Waals surface area contributed by atoms with Crippen LogP contribution in [0.1, 0.15) is 37.0 Å². The third-order valence-corrected chi connectivity index (χ3v) is 5.76. The number of carbonyl (C=O) groups excluding carboxylic acids is 2. The number of Topliss-reactive ketones (excluding diaryl/α,β-unsaturated/α-hetero) is 2. The van der Waals surface area contributed by atoms with E-state index in [2.05, 4.69) is 0 Å². The highest BCUT2D eigenvalue weighted by atomic mass is 16.3. The molecular formula is C19H18O6. The summed E-state index contributed by atoms with van der Waals surface area (Å²) in [7, 11) is 0. The molecule has 0 aliphatic heterocycles. The van der Waals surface area contributed by atoms with Crippen molar-refractivity contribution < 1.29 is 30.0 Å². The number of hydrogen-bond donors (Lipinski definition) is 4. The summed E-state index contributed by atoms with van der Waals surface area (Å²) in [6.45, 7) is 1.48. The van der Waals surface area contributed by atoms with Gasteiger partial charge in [-0.1, -0.05) is 12.1 Å². The molecule has 4 unspecified atom stereocenters. The average Bonchev–Trinajstić information content (AvgIpc) is 2.57. The van der Waals surface area contributed by atoms with Gasteiger partial charge in [0.15, 0.2) is 11.6 Å². The van der Waals surface area contributed by atoms with Crippen LogP contribution in [0, 0.1) is 17.8 Å². The molecule has 1 fully saturated rings. The summed E-state index contributed by atoms with van der Waals surface area (Å²) < 4.78 is 0. The number of allylic oxidation sites excluding steroid dienone is 2. The second kappa shape index (κ2) is 5.20. The zero-order chi connectivity index (χ0) is 18.0. The second-order valence-corrected chi connectivity index (χ2v) is 7.03. The molecule has 4 rings (SSSR count). The highest BCUT2D eigenvalue weighted by Gasteiger charge is 2.51. The van der Waals surface area contributed by atoms with Gasteiger partial charge in [0.1, 0.15) is 17.3 Å². The highest BCUT2D eigenvalue weighted by molar-refractivity contribution is 6.09. The van der Waals surface area contributed by atoms with Crippen LogP contribution in [0.4, 0.5) is 0 Å². The molecule has 0 saturated heterocycles. The van der Waals surface area contributed by atoms with Crippen LogP contribution >= 0.6 is 0 Å². The number of carbonyl (C=O) groups is 2. The van der Waals surface area contributed by atoms with E-state index in [1.54, 1.807) is 12.1 Å². The fraction of sp³-hybridized carbons (Fsp3) is 0.368. The number of aromatic hydroxyl groups is 1. The first-order valence-electron chi connectivity index (χ1n) is 8.23. The molecule has 4 atom stereocenters. The fourth-order valence-corrected chi connectivity index (χ4v) is 4.45. The number of phenols is 1. The smallest absolute Gasteiger partial charge is 0.173 e. The van der Waals surface area contributed by atoms with Gasteiger partial charge in [0.2, 0.25) is 0 Å². The van der Waals surface area contributed by atoms with E-state index < -0.39 is 29.6 Å². The molecule has 6 nitrogen and oxygen atoms in total. The van der Waals surface area contributed by atoms with Gasteiger partial charge < -0.3 is 20.4 Å². The number of fused-ring (bicyclic) bond motifs is 3. The van der Waals surface area contributed by atoms with Crippen LogP contribution in [0.5, 0.6) is 5.75 Å². The Kier molecular flexibility index (Phi) is 3.30. The van der Waals surface area contributed by atoms with E-state index in [0.717, 1.165) is 0 Å². The van der Waals surface area contributed by atoms with Gasteiger partial charge in [-0.05, 0) is 30.9 Å². The zero-order valence-electron chi connectivity index (χ0n) is 13.6. The van der Waals surface area contributed by atoms with Gasteiger partial charge in [-0.25, -0.2) is 0 Å². The lowest BCUT2D eigenvalue weighted by Gasteiger charge is -2.42. The molecule has 0 radical (unpaired) electrons. The third-order valence-electron chi connectivity index (χ3n) is 5.76. The topological polar surface area (TPSA) is 115 Å². The SMILES string of the molecule is CC1=C(O)C2C(=O)C3=C(O)c4c(O)cccc4C(O)C3CC2CC1=O. The van der Waals surface area contributed by atoms with Crippen LogP contribution < -0.4 is 0 Å². The van der Waals surface area contributed by atoms with E-state index in [1.807, 2.05) is 0 Å². The van der Waals surface area contributed by atoms with Crippen molar-refractivity contribution in [3.63, 3.8) is 0 Å². The molecule has 0 amide bonds. The Hall–Kier alpha value is -2.60. The second-order valence-electron chi connectivity index (χ2n) is 7.03. The van der Waals surface area contributed by atoms with Crippen LogP contribution in [-0.4, -0.2) is 32.0 Å². The van der Waals surface area contributed by atoms with Crippen LogP contribution in [-0.2, 0) is 9.59 Å². The first-order valence-corrected chi connectivity index (χ1v) is 8.23. The van der Waals surface area contributed by atoms with Crippen molar-refractivity contribution in [2.75, 3.05) is 0 Å². The normalized spacial score (nSPS) is 31.6. The van der Waals surface area contributed by atoms with E-state index in [4.69, 9.17) is 0 Å². The predicted octanol–water partition coefficient (Wildman–Crippen LogP) is 2.33. The molecule has 25 heavy (non-hydrogen) atoms. The summed E-state index contributed by atoms with van der Waals surface area (Å²) in [5, 5.41) is 41.8. The average molecular weight is 342 g/mol. The number of phenolic OH excluding ortho intramolecular Hbond substituents is 1. The van der Waals surface area contributed by atoms with Crippen molar-refractivity contribution in [1.29, 1.82) is 0 Å². The lowest BCUT2D eigenvalue weighted by atomic mass is 9.61. The minimum absolute atomic E-state index is 0.0245. The molecule has 4 N–H and O–H groups in total. The van der Waals surface area contributed by atoms with E-state index in [-0.39, 0.29) is 46.2 Å². The van der Waals surface area contributed by atoms with Gasteiger partial charge in [0.05, 0.1) is 17.6 Å². The van der Waals surface area contributed by atoms with Crippen molar-refractivity contribution in [2.45, 2.75) is 25.9 Å². The van der Waals surface area contributed by atoms with Gasteiger partial charge in [0.25, 0.3) is 0 Å². The maximum absolute atomic E-state index is 13.0. The van der Waals surface area contributed by atoms with Crippen LogP contribution in [0.3, 0.4) is 0 Å². The van der Waals surface area contributed by atoms with Crippen molar-refractivity contribution in [3.05, 3.63) is 46.2 Å². The number of hydrogen-bond acceptors (Lipinski definition) is 6. The predicted molar refractivity (Wildman–Crippen MR) is 87.7 cm³/mol. The molecule has 3 aliphatic carbocycles. The maximum Gasteiger partial charge on any atom is 0.173 e. The number of benzene rings is 1. The molecular weight excluding hydrogens is 324 g/mol. The third kappa shape index (κ3) is 2.00. The van der Waals surface area contributed by atoms with Crippen molar-refractivity contribution in [2.24, 2.45) is 17.8 Å². The molecule has 0 bridgehead atoms. The molecule has 0 heterocycles. The summed E-state index contributed by atoms with van der Waals surface area (Å²) in [5.41, 5.74) is 0.611. The Balaban J connectivity index is 1.91. The summed E-state index contributed by atoms with van der Waals surface area (Å²) >= 11 is 0. The first kappa shape index (κ1) is 15.9. The maximum atomic E-state index is 13.0. The van der Waals surface area contributed by atoms with Gasteiger partial charge in [-0.2, -0.15) is 0 Å². The van der Waals surface area contributed by atoms with Gasteiger partial charge in [-0.3, -0.25) is 9.59 Å². The Morgan fingerprint density at radius 2 is 1.84 bits per heavy atom. The molecule has 1 aromatic carbocycles. The van der Waals surface area contributed by atoms with Gasteiger partial charge >= 0.3 is 0 Å². The van der Waals surface area contributed by atoms with Gasteiger partial charge in [-0.15, -0.1) is 0 Å². The minimum Gasteiger partial charge on any atom is -0.511 e. The fourth-order valence-electron chi connectivity index (χ4n) is 4.45. The van der Waals surface area contributed by atoms with E-state index in [1.165, 1.54) is 13.0 Å². The summed E-state index contributed by atoms with van der Waals surface area (Å²) in [6.07, 6.45) is -0.631. The highest BCUT2D eigenvalue weighted by Crippen LogP contribution is 2.53. The first-order chi connectivity index (χ1) is 11.8. The summed E-state index contributed by atoms with van der Waals surface area (Å²) in [6, 6.07) is 4.53. The van der Waals surface area contributed by atoms with Crippen molar-refractivity contribution >= 4 is 17.3 Å². The molecule has 6 heteroatoms. The summed E-state index contributed by atoms with van der Waals surface area (Å²) in [5.74, 6) is -3.46.